The molecule has 0 saturated carbocycles. The van der Waals surface area contributed by atoms with Crippen molar-refractivity contribution in [3.05, 3.63) is 65.1 Å². The maximum absolute atomic E-state index is 10.4. The van der Waals surface area contributed by atoms with Crippen molar-refractivity contribution in [2.45, 2.75) is 32.8 Å². The fraction of sp³-hybridized carbons (Fsp3) is 0.389. The van der Waals surface area contributed by atoms with Gasteiger partial charge < -0.3 is 9.63 Å². The summed E-state index contributed by atoms with van der Waals surface area (Å²) < 4.78 is 6.96. The van der Waals surface area contributed by atoms with Crippen molar-refractivity contribution in [2.75, 3.05) is 0 Å². The van der Waals surface area contributed by atoms with Gasteiger partial charge in [-0.3, -0.25) is 4.68 Å². The van der Waals surface area contributed by atoms with E-state index in [0.29, 0.717) is 17.3 Å². The first-order chi connectivity index (χ1) is 11.5. The van der Waals surface area contributed by atoms with Crippen molar-refractivity contribution >= 4 is 0 Å². The Morgan fingerprint density at radius 3 is 2.58 bits per heavy atom. The van der Waals surface area contributed by atoms with Crippen LogP contribution in [0.1, 0.15) is 54.3 Å². The Morgan fingerprint density at radius 1 is 1.21 bits per heavy atom. The zero-order valence-electron chi connectivity index (χ0n) is 14.3. The average Bonchev–Trinajstić information content (AvgIpc) is 3.18. The number of rotatable bonds is 5. The number of hydrogen-bond donors (Lipinski definition) is 1. The summed E-state index contributed by atoms with van der Waals surface area (Å²) in [5, 5.41) is 18.6. The average molecular weight is 326 g/mol. The van der Waals surface area contributed by atoms with E-state index in [9.17, 15) is 5.11 Å². The largest absolute Gasteiger partial charge is 0.378 e. The van der Waals surface area contributed by atoms with Gasteiger partial charge >= 0.3 is 0 Å². The third kappa shape index (κ3) is 3.10. The highest BCUT2D eigenvalue weighted by Gasteiger charge is 2.27. The Bertz CT molecular complexity index is 822. The zero-order chi connectivity index (χ0) is 17.3. The number of hydrogen-bond acceptors (Lipinski definition) is 5. The highest BCUT2D eigenvalue weighted by atomic mass is 16.5. The summed E-state index contributed by atoms with van der Waals surface area (Å²) >= 11 is 0. The third-order valence-electron chi connectivity index (χ3n) is 4.20. The van der Waals surface area contributed by atoms with Crippen LogP contribution >= 0.6 is 0 Å². The van der Waals surface area contributed by atoms with Gasteiger partial charge in [-0.1, -0.05) is 43.3 Å². The Hall–Kier alpha value is -2.47. The van der Waals surface area contributed by atoms with Crippen LogP contribution in [0.25, 0.3) is 0 Å². The minimum absolute atomic E-state index is 0.0183. The van der Waals surface area contributed by atoms with Gasteiger partial charge in [-0.15, -0.1) is 0 Å². The molecule has 0 bridgehead atoms. The second-order valence-corrected chi connectivity index (χ2v) is 6.42. The van der Waals surface area contributed by atoms with E-state index in [1.807, 2.05) is 12.1 Å². The number of aliphatic hydroxyl groups is 1. The molecular formula is C18H22N4O2. The van der Waals surface area contributed by atoms with E-state index in [-0.39, 0.29) is 11.8 Å². The molecule has 3 aromatic rings. The van der Waals surface area contributed by atoms with Crippen LogP contribution in [0, 0.1) is 12.8 Å². The van der Waals surface area contributed by atoms with Crippen LogP contribution in [0.5, 0.6) is 0 Å². The van der Waals surface area contributed by atoms with Crippen LogP contribution in [0.3, 0.4) is 0 Å². The first-order valence-electron chi connectivity index (χ1n) is 8.03. The van der Waals surface area contributed by atoms with Crippen molar-refractivity contribution in [1.29, 1.82) is 0 Å². The maximum Gasteiger partial charge on any atom is 0.260 e. The van der Waals surface area contributed by atoms with E-state index in [4.69, 9.17) is 4.52 Å². The molecule has 1 N–H and O–H groups in total. The van der Waals surface area contributed by atoms with Crippen molar-refractivity contribution in [1.82, 2.24) is 19.9 Å². The lowest BCUT2D eigenvalue weighted by atomic mass is 9.85. The lowest BCUT2D eigenvalue weighted by Crippen LogP contribution is -2.12. The first-order valence-corrected chi connectivity index (χ1v) is 8.03. The monoisotopic (exact) mass is 326 g/mol. The number of aliphatic hydroxyl groups excluding tert-OH is 1. The zero-order valence-corrected chi connectivity index (χ0v) is 14.3. The molecule has 2 heterocycles. The quantitative estimate of drug-likeness (QED) is 0.780. The van der Waals surface area contributed by atoms with E-state index in [0.717, 1.165) is 0 Å². The first kappa shape index (κ1) is 16.4. The van der Waals surface area contributed by atoms with Gasteiger partial charge in [0.25, 0.3) is 5.89 Å². The van der Waals surface area contributed by atoms with Crippen LogP contribution in [0.15, 0.2) is 41.2 Å². The Labute approximate surface area is 141 Å². The fourth-order valence-electron chi connectivity index (χ4n) is 2.94. The maximum atomic E-state index is 10.4. The second-order valence-electron chi connectivity index (χ2n) is 6.42. The molecule has 0 amide bonds. The number of nitrogens with zero attached hydrogens (tertiary/aromatic N) is 4. The Morgan fingerprint density at radius 2 is 1.96 bits per heavy atom. The van der Waals surface area contributed by atoms with Gasteiger partial charge in [0.15, 0.2) is 11.9 Å². The van der Waals surface area contributed by atoms with E-state index >= 15 is 0 Å². The van der Waals surface area contributed by atoms with Crippen molar-refractivity contribution in [3.63, 3.8) is 0 Å². The van der Waals surface area contributed by atoms with Crippen LogP contribution in [-0.4, -0.2) is 25.0 Å². The van der Waals surface area contributed by atoms with Crippen LogP contribution in [-0.2, 0) is 7.05 Å². The third-order valence-corrected chi connectivity index (χ3v) is 4.20. The molecule has 24 heavy (non-hydrogen) atoms. The molecule has 0 spiro atoms. The molecule has 0 aliphatic heterocycles. The Kier molecular flexibility index (Phi) is 4.49. The van der Waals surface area contributed by atoms with Crippen molar-refractivity contribution in [2.24, 2.45) is 13.0 Å². The molecule has 2 unspecified atom stereocenters. The SMILES string of the molecule is Cc1ccccc1C(c1noc(C(O)c2cnn(C)c2)n1)C(C)C. The molecular weight excluding hydrogens is 304 g/mol. The summed E-state index contributed by atoms with van der Waals surface area (Å²) in [6.45, 7) is 6.34. The molecule has 6 heteroatoms. The summed E-state index contributed by atoms with van der Waals surface area (Å²) in [4.78, 5) is 4.47. The van der Waals surface area contributed by atoms with Crippen molar-refractivity contribution in [3.8, 4) is 0 Å². The lowest BCUT2D eigenvalue weighted by Gasteiger charge is -2.19. The molecule has 0 radical (unpaired) electrons. The van der Waals surface area contributed by atoms with E-state index < -0.39 is 6.10 Å². The molecule has 0 aliphatic carbocycles. The van der Waals surface area contributed by atoms with Gasteiger partial charge in [-0.05, 0) is 24.0 Å². The predicted octanol–water partition coefficient (Wildman–Crippen LogP) is 2.98. The molecule has 3 rings (SSSR count). The standard InChI is InChI=1S/C18H22N4O2/c1-11(2)15(14-8-6-5-7-12(14)3)17-20-18(24-21-17)16(23)13-9-19-22(4)10-13/h5-11,15-16,23H,1-4H3. The lowest BCUT2D eigenvalue weighted by molar-refractivity contribution is 0.170. The summed E-state index contributed by atoms with van der Waals surface area (Å²) in [7, 11) is 1.79. The van der Waals surface area contributed by atoms with Gasteiger partial charge in [0.05, 0.1) is 12.1 Å². The van der Waals surface area contributed by atoms with Crippen LogP contribution < -0.4 is 0 Å². The highest BCUT2D eigenvalue weighted by Crippen LogP contribution is 2.33. The molecule has 126 valence electrons. The summed E-state index contributed by atoms with van der Waals surface area (Å²) in [5.41, 5.74) is 3.00. The summed E-state index contributed by atoms with van der Waals surface area (Å²) in [6, 6.07) is 8.21. The fourth-order valence-corrected chi connectivity index (χ4v) is 2.94. The summed E-state index contributed by atoms with van der Waals surface area (Å²) in [6.07, 6.45) is 2.36. The van der Waals surface area contributed by atoms with E-state index in [1.54, 1.807) is 24.1 Å². The molecule has 0 saturated heterocycles. The van der Waals surface area contributed by atoms with Gasteiger partial charge in [0.2, 0.25) is 0 Å². The normalized spacial score (nSPS) is 14.1. The number of benzene rings is 1. The van der Waals surface area contributed by atoms with Gasteiger partial charge in [-0.25, -0.2) is 0 Å². The van der Waals surface area contributed by atoms with Crippen LogP contribution in [0.2, 0.25) is 0 Å². The topological polar surface area (TPSA) is 77.0 Å². The number of aromatic nitrogens is 4. The summed E-state index contributed by atoms with van der Waals surface area (Å²) in [5.74, 6) is 1.10. The van der Waals surface area contributed by atoms with E-state index in [2.05, 4.69) is 48.1 Å². The van der Waals surface area contributed by atoms with Crippen LogP contribution in [0.4, 0.5) is 0 Å². The number of aryl methyl sites for hydroxylation is 2. The van der Waals surface area contributed by atoms with Gasteiger partial charge in [-0.2, -0.15) is 10.1 Å². The molecule has 2 atom stereocenters. The minimum atomic E-state index is -0.968. The Balaban J connectivity index is 1.94. The minimum Gasteiger partial charge on any atom is -0.378 e. The highest BCUT2D eigenvalue weighted by molar-refractivity contribution is 5.33. The van der Waals surface area contributed by atoms with E-state index in [1.165, 1.54) is 11.1 Å². The smallest absolute Gasteiger partial charge is 0.260 e. The van der Waals surface area contributed by atoms with Crippen molar-refractivity contribution < 1.29 is 9.63 Å². The molecule has 6 nitrogen and oxygen atoms in total. The predicted molar refractivity (Wildman–Crippen MR) is 89.4 cm³/mol. The molecule has 1 aromatic carbocycles. The van der Waals surface area contributed by atoms with Gasteiger partial charge in [0, 0.05) is 18.8 Å². The van der Waals surface area contributed by atoms with Gasteiger partial charge in [0.1, 0.15) is 0 Å². The molecule has 0 aliphatic rings. The molecule has 0 fully saturated rings. The second kappa shape index (κ2) is 6.57. The molecule has 2 aromatic heterocycles.